The van der Waals surface area contributed by atoms with Crippen LogP contribution in [-0.4, -0.2) is 0 Å². The van der Waals surface area contributed by atoms with Crippen molar-refractivity contribution in [2.75, 3.05) is 0 Å². The topological polar surface area (TPSA) is 0 Å². The number of hydrogen-bond acceptors (Lipinski definition) is 1. The van der Waals surface area contributed by atoms with Crippen LogP contribution in [0.5, 0.6) is 0 Å². The summed E-state index contributed by atoms with van der Waals surface area (Å²) in [6.45, 7) is 4.64. The second-order valence-corrected chi connectivity index (χ2v) is 8.08. The Morgan fingerprint density at radius 1 is 0.913 bits per heavy atom. The third-order valence-corrected chi connectivity index (χ3v) is 6.75. The van der Waals surface area contributed by atoms with E-state index in [4.69, 9.17) is 0 Å². The Labute approximate surface area is 150 Å². The van der Waals surface area contributed by atoms with Crippen molar-refractivity contribution in [3.8, 4) is 21.6 Å². The van der Waals surface area contributed by atoms with Crippen molar-refractivity contribution >= 4 is 27.3 Å². The quantitative estimate of drug-likeness (QED) is 0.446. The summed E-state index contributed by atoms with van der Waals surface area (Å²) >= 11 is 5.48. The lowest BCUT2D eigenvalue weighted by molar-refractivity contribution is 0.490. The lowest BCUT2D eigenvalue weighted by Gasteiger charge is -2.30. The van der Waals surface area contributed by atoms with Gasteiger partial charge in [0.15, 0.2) is 0 Å². The highest BCUT2D eigenvalue weighted by atomic mass is 79.9. The zero-order chi connectivity index (χ0) is 16.0. The fourth-order valence-electron chi connectivity index (χ4n) is 4.08. The smallest absolute Gasteiger partial charge is 0.0342 e. The molecule has 1 aliphatic carbocycles. The Hall–Kier alpha value is -1.38. The fourth-order valence-corrected chi connectivity index (χ4v) is 5.16. The molecule has 0 radical (unpaired) electrons. The van der Waals surface area contributed by atoms with Crippen molar-refractivity contribution in [1.29, 1.82) is 0 Å². The van der Waals surface area contributed by atoms with E-state index in [-0.39, 0.29) is 5.41 Å². The average molecular weight is 383 g/mol. The molecular formula is C21H19BrS. The van der Waals surface area contributed by atoms with E-state index in [0.717, 1.165) is 12.8 Å². The molecule has 0 saturated carbocycles. The molecule has 0 N–H and O–H groups in total. The Balaban J connectivity index is 1.99. The number of benzene rings is 2. The fraction of sp³-hybridized carbons (Fsp3) is 0.238. The summed E-state index contributed by atoms with van der Waals surface area (Å²) in [6.07, 6.45) is 2.27. The minimum atomic E-state index is 0.141. The van der Waals surface area contributed by atoms with Gasteiger partial charge in [0.1, 0.15) is 0 Å². The largest absolute Gasteiger partial charge is 0.144 e. The van der Waals surface area contributed by atoms with Crippen LogP contribution in [0.4, 0.5) is 0 Å². The van der Waals surface area contributed by atoms with Crippen LogP contribution in [0.2, 0.25) is 0 Å². The van der Waals surface area contributed by atoms with Gasteiger partial charge in [-0.3, -0.25) is 0 Å². The van der Waals surface area contributed by atoms with Crippen LogP contribution >= 0.6 is 27.3 Å². The van der Waals surface area contributed by atoms with Crippen LogP contribution in [0.1, 0.15) is 37.8 Å². The Morgan fingerprint density at radius 2 is 1.61 bits per heavy atom. The summed E-state index contributed by atoms with van der Waals surface area (Å²) in [4.78, 5) is 1.35. The molecule has 1 heterocycles. The number of thiophene rings is 1. The molecule has 0 bridgehead atoms. The molecule has 23 heavy (non-hydrogen) atoms. The molecule has 0 nitrogen and oxygen atoms in total. The van der Waals surface area contributed by atoms with Gasteiger partial charge in [-0.15, -0.1) is 11.3 Å². The molecule has 0 fully saturated rings. The third-order valence-electron chi connectivity index (χ3n) is 5.34. The van der Waals surface area contributed by atoms with Gasteiger partial charge in [0.25, 0.3) is 0 Å². The second kappa shape index (κ2) is 5.61. The van der Waals surface area contributed by atoms with Crippen LogP contribution in [-0.2, 0) is 5.41 Å². The van der Waals surface area contributed by atoms with Gasteiger partial charge in [-0.05, 0) is 70.3 Å². The molecule has 116 valence electrons. The molecule has 0 spiro atoms. The molecule has 0 aliphatic heterocycles. The molecule has 0 unspecified atom stereocenters. The van der Waals surface area contributed by atoms with Crippen molar-refractivity contribution in [3.63, 3.8) is 0 Å². The van der Waals surface area contributed by atoms with E-state index in [1.54, 1.807) is 0 Å². The van der Waals surface area contributed by atoms with Gasteiger partial charge in [0, 0.05) is 14.8 Å². The summed E-state index contributed by atoms with van der Waals surface area (Å²) in [5.74, 6) is 0. The molecule has 0 atom stereocenters. The highest BCUT2D eigenvalue weighted by molar-refractivity contribution is 9.10. The second-order valence-electron chi connectivity index (χ2n) is 6.22. The Kier molecular flexibility index (Phi) is 3.70. The highest BCUT2D eigenvalue weighted by Crippen LogP contribution is 2.54. The Bertz CT molecular complexity index is 858. The zero-order valence-corrected chi connectivity index (χ0v) is 15.8. The molecule has 0 amide bonds. The van der Waals surface area contributed by atoms with Crippen molar-refractivity contribution in [2.24, 2.45) is 0 Å². The number of fused-ring (bicyclic) bond motifs is 3. The van der Waals surface area contributed by atoms with Crippen molar-refractivity contribution in [1.82, 2.24) is 0 Å². The summed E-state index contributed by atoms with van der Waals surface area (Å²) < 4.78 is 1.17. The van der Waals surface area contributed by atoms with E-state index in [1.165, 1.54) is 37.2 Å². The first kappa shape index (κ1) is 15.2. The van der Waals surface area contributed by atoms with Crippen molar-refractivity contribution in [3.05, 3.63) is 69.5 Å². The average Bonchev–Trinajstić information content (AvgIpc) is 3.19. The molecular weight excluding hydrogens is 364 g/mol. The maximum Gasteiger partial charge on any atom is 0.0342 e. The van der Waals surface area contributed by atoms with Gasteiger partial charge in [0.05, 0.1) is 0 Å². The van der Waals surface area contributed by atoms with Crippen LogP contribution in [0.25, 0.3) is 21.6 Å². The minimum Gasteiger partial charge on any atom is -0.144 e. The maximum absolute atomic E-state index is 3.67. The molecule has 1 aromatic heterocycles. The standard InChI is InChI=1S/C21H19BrS/c1-3-21(4-2)18-12-14(20-6-5-11-23-20)7-9-16(18)17-10-8-15(22)13-19(17)21/h5-13H,3-4H2,1-2H3. The normalized spacial score (nSPS) is 14.6. The lowest BCUT2D eigenvalue weighted by Crippen LogP contribution is -2.23. The van der Waals surface area contributed by atoms with Crippen molar-refractivity contribution < 1.29 is 0 Å². The molecule has 2 aromatic carbocycles. The van der Waals surface area contributed by atoms with E-state index in [0.29, 0.717) is 0 Å². The van der Waals surface area contributed by atoms with E-state index in [1.807, 2.05) is 11.3 Å². The summed E-state index contributed by atoms with van der Waals surface area (Å²) in [6, 6.07) is 18.1. The predicted molar refractivity (Wildman–Crippen MR) is 104 cm³/mol. The van der Waals surface area contributed by atoms with Gasteiger partial charge < -0.3 is 0 Å². The molecule has 3 aromatic rings. The first-order chi connectivity index (χ1) is 11.2. The van der Waals surface area contributed by atoms with Crippen LogP contribution < -0.4 is 0 Å². The number of halogens is 1. The third kappa shape index (κ3) is 2.15. The van der Waals surface area contributed by atoms with E-state index >= 15 is 0 Å². The monoisotopic (exact) mass is 382 g/mol. The minimum absolute atomic E-state index is 0.141. The van der Waals surface area contributed by atoms with Crippen LogP contribution in [0.15, 0.2) is 58.4 Å². The van der Waals surface area contributed by atoms with Gasteiger partial charge in [-0.1, -0.05) is 54.0 Å². The number of rotatable bonds is 3. The van der Waals surface area contributed by atoms with Gasteiger partial charge >= 0.3 is 0 Å². The molecule has 4 rings (SSSR count). The summed E-state index contributed by atoms with van der Waals surface area (Å²) in [5, 5.41) is 2.15. The zero-order valence-electron chi connectivity index (χ0n) is 13.4. The van der Waals surface area contributed by atoms with Crippen LogP contribution in [0, 0.1) is 0 Å². The van der Waals surface area contributed by atoms with E-state index < -0.39 is 0 Å². The van der Waals surface area contributed by atoms with Gasteiger partial charge in [0.2, 0.25) is 0 Å². The summed E-state index contributed by atoms with van der Waals surface area (Å²) in [7, 11) is 0. The predicted octanol–water partition coefficient (Wildman–Crippen LogP) is 7.26. The van der Waals surface area contributed by atoms with Crippen molar-refractivity contribution in [2.45, 2.75) is 32.1 Å². The van der Waals surface area contributed by atoms with E-state index in [9.17, 15) is 0 Å². The highest BCUT2D eigenvalue weighted by Gasteiger charge is 2.40. The molecule has 2 heteroatoms. The first-order valence-corrected chi connectivity index (χ1v) is 9.85. The lowest BCUT2D eigenvalue weighted by atomic mass is 9.73. The maximum atomic E-state index is 3.67. The molecule has 0 saturated heterocycles. The Morgan fingerprint density at radius 3 is 2.26 bits per heavy atom. The number of hydrogen-bond donors (Lipinski definition) is 0. The van der Waals surface area contributed by atoms with Crippen LogP contribution in [0.3, 0.4) is 0 Å². The summed E-state index contributed by atoms with van der Waals surface area (Å²) in [5.41, 5.74) is 7.29. The first-order valence-electron chi connectivity index (χ1n) is 8.18. The van der Waals surface area contributed by atoms with Gasteiger partial charge in [-0.2, -0.15) is 0 Å². The molecule has 1 aliphatic rings. The van der Waals surface area contributed by atoms with Gasteiger partial charge in [-0.25, -0.2) is 0 Å². The SMILES string of the molecule is CCC1(CC)c2cc(Br)ccc2-c2ccc(-c3cccs3)cc21. The van der Waals surface area contributed by atoms with E-state index in [2.05, 4.69) is 83.7 Å².